The van der Waals surface area contributed by atoms with Gasteiger partial charge in [-0.15, -0.1) is 0 Å². The zero-order valence-corrected chi connectivity index (χ0v) is 13.8. The second-order valence-corrected chi connectivity index (χ2v) is 6.36. The highest BCUT2D eigenvalue weighted by molar-refractivity contribution is 5.92. The number of anilines is 2. The Balaban J connectivity index is 1.77. The summed E-state index contributed by atoms with van der Waals surface area (Å²) in [7, 11) is 4.02. The molecule has 7 nitrogen and oxygen atoms in total. The number of rotatable bonds is 3. The molecule has 7 heteroatoms. The molecule has 4 heterocycles. The topological polar surface area (TPSA) is 75.2 Å². The molecule has 0 saturated carbocycles. The van der Waals surface area contributed by atoms with Gasteiger partial charge in [-0.1, -0.05) is 0 Å². The van der Waals surface area contributed by atoms with Gasteiger partial charge in [0.05, 0.1) is 12.0 Å². The summed E-state index contributed by atoms with van der Waals surface area (Å²) in [6.45, 7) is 4.90. The third-order valence-electron chi connectivity index (χ3n) is 4.74. The highest BCUT2D eigenvalue weighted by Crippen LogP contribution is 2.34. The van der Waals surface area contributed by atoms with Crippen molar-refractivity contribution in [1.82, 2.24) is 19.9 Å². The summed E-state index contributed by atoms with van der Waals surface area (Å²) in [6, 6.07) is 0.383. The quantitative estimate of drug-likeness (QED) is 0.887. The van der Waals surface area contributed by atoms with Crippen LogP contribution >= 0.6 is 0 Å². The van der Waals surface area contributed by atoms with Gasteiger partial charge in [-0.25, -0.2) is 0 Å². The van der Waals surface area contributed by atoms with E-state index in [0.29, 0.717) is 24.2 Å². The van der Waals surface area contributed by atoms with E-state index in [0.717, 1.165) is 43.0 Å². The summed E-state index contributed by atoms with van der Waals surface area (Å²) >= 11 is 0. The summed E-state index contributed by atoms with van der Waals surface area (Å²) < 4.78 is 5.63. The number of pyridine rings is 1. The van der Waals surface area contributed by atoms with E-state index in [1.165, 1.54) is 11.1 Å². The Labute approximate surface area is 135 Å². The first-order chi connectivity index (χ1) is 11.2. The molecule has 1 unspecified atom stereocenters. The van der Waals surface area contributed by atoms with Crippen LogP contribution in [0, 0.1) is 6.92 Å². The standard InChI is InChI=1S/C16H22N6O/c1-9-11-5-7-23-15(11)19-14-12(9)13(17-2)20-16(21-14)18-10-4-6-22(3)8-10/h10H,4-8H2,1-3H3,(H2,17,18,19,20,21). The third kappa shape index (κ3) is 2.45. The lowest BCUT2D eigenvalue weighted by Gasteiger charge is -2.16. The molecular formula is C16H22N6O. The van der Waals surface area contributed by atoms with Crippen LogP contribution in [0.1, 0.15) is 17.5 Å². The molecular weight excluding hydrogens is 292 g/mol. The predicted octanol–water partition coefficient (Wildman–Crippen LogP) is 1.43. The molecule has 0 aliphatic carbocycles. The minimum absolute atomic E-state index is 0.383. The molecule has 1 fully saturated rings. The number of fused-ring (bicyclic) bond motifs is 2. The molecule has 0 spiro atoms. The molecule has 2 aromatic rings. The van der Waals surface area contributed by atoms with Gasteiger partial charge in [0.2, 0.25) is 11.8 Å². The van der Waals surface area contributed by atoms with Crippen molar-refractivity contribution in [2.24, 2.45) is 0 Å². The van der Waals surface area contributed by atoms with Crippen LogP contribution in [0.5, 0.6) is 5.88 Å². The van der Waals surface area contributed by atoms with Crippen molar-refractivity contribution in [2.45, 2.75) is 25.8 Å². The summed E-state index contributed by atoms with van der Waals surface area (Å²) in [5, 5.41) is 7.63. The maximum Gasteiger partial charge on any atom is 0.226 e. The van der Waals surface area contributed by atoms with Crippen LogP contribution in [-0.2, 0) is 6.42 Å². The average Bonchev–Trinajstić information content (AvgIpc) is 3.15. The summed E-state index contributed by atoms with van der Waals surface area (Å²) in [5.74, 6) is 2.18. The van der Waals surface area contributed by atoms with Crippen LogP contribution in [-0.4, -0.2) is 59.7 Å². The maximum atomic E-state index is 5.63. The van der Waals surface area contributed by atoms with Crippen molar-refractivity contribution >= 4 is 22.8 Å². The number of likely N-dealkylation sites (tertiary alicyclic amines) is 1. The smallest absolute Gasteiger partial charge is 0.226 e. The highest BCUT2D eigenvalue weighted by atomic mass is 16.5. The number of likely N-dealkylation sites (N-methyl/N-ethyl adjacent to an activating group) is 1. The number of hydrogen-bond donors (Lipinski definition) is 2. The number of nitrogens with zero attached hydrogens (tertiary/aromatic N) is 4. The van der Waals surface area contributed by atoms with Gasteiger partial charge in [0, 0.05) is 31.6 Å². The Morgan fingerprint density at radius 3 is 2.87 bits per heavy atom. The van der Waals surface area contributed by atoms with Gasteiger partial charge in [0.15, 0.2) is 5.65 Å². The van der Waals surface area contributed by atoms with E-state index in [-0.39, 0.29) is 0 Å². The molecule has 2 aliphatic rings. The van der Waals surface area contributed by atoms with Crippen LogP contribution in [0.25, 0.3) is 11.0 Å². The van der Waals surface area contributed by atoms with Crippen LogP contribution < -0.4 is 15.4 Å². The number of hydrogen-bond acceptors (Lipinski definition) is 7. The first kappa shape index (κ1) is 14.4. The molecule has 2 N–H and O–H groups in total. The summed E-state index contributed by atoms with van der Waals surface area (Å²) in [6.07, 6.45) is 2.01. The Hall–Kier alpha value is -2.15. The van der Waals surface area contributed by atoms with Gasteiger partial charge in [0.1, 0.15) is 5.82 Å². The molecule has 1 atom stereocenters. The van der Waals surface area contributed by atoms with Crippen molar-refractivity contribution in [1.29, 1.82) is 0 Å². The largest absolute Gasteiger partial charge is 0.477 e. The SMILES string of the molecule is CNc1nc(NC2CCN(C)C2)nc2nc3c(c(C)c12)CCO3. The van der Waals surface area contributed by atoms with E-state index in [1.807, 2.05) is 7.05 Å². The van der Waals surface area contributed by atoms with E-state index < -0.39 is 0 Å². The third-order valence-corrected chi connectivity index (χ3v) is 4.74. The predicted molar refractivity (Wildman–Crippen MR) is 90.3 cm³/mol. The molecule has 2 aliphatic heterocycles. The fourth-order valence-corrected chi connectivity index (χ4v) is 3.49. The fourth-order valence-electron chi connectivity index (χ4n) is 3.49. The zero-order valence-electron chi connectivity index (χ0n) is 13.8. The molecule has 0 bridgehead atoms. The number of aromatic nitrogens is 3. The summed E-state index contributed by atoms with van der Waals surface area (Å²) in [4.78, 5) is 16.2. The Morgan fingerprint density at radius 2 is 2.13 bits per heavy atom. The molecule has 2 aromatic heterocycles. The lowest BCUT2D eigenvalue weighted by Crippen LogP contribution is -2.24. The molecule has 4 rings (SSSR count). The Kier molecular flexibility index (Phi) is 3.45. The lowest BCUT2D eigenvalue weighted by molar-refractivity contribution is 0.345. The maximum absolute atomic E-state index is 5.63. The molecule has 23 heavy (non-hydrogen) atoms. The number of ether oxygens (including phenoxy) is 1. The van der Waals surface area contributed by atoms with Gasteiger partial charge in [-0.3, -0.25) is 0 Å². The molecule has 0 radical (unpaired) electrons. The Morgan fingerprint density at radius 1 is 1.26 bits per heavy atom. The monoisotopic (exact) mass is 314 g/mol. The number of aryl methyl sites for hydroxylation is 1. The molecule has 0 amide bonds. The van der Waals surface area contributed by atoms with Crippen molar-refractivity contribution < 1.29 is 4.74 Å². The number of nitrogens with one attached hydrogen (secondary N) is 2. The average molecular weight is 314 g/mol. The van der Waals surface area contributed by atoms with Gasteiger partial charge in [-0.05, 0) is 32.5 Å². The second kappa shape index (κ2) is 5.49. The Bertz CT molecular complexity index is 762. The van der Waals surface area contributed by atoms with E-state index >= 15 is 0 Å². The molecule has 0 aromatic carbocycles. The van der Waals surface area contributed by atoms with Crippen LogP contribution in [0.2, 0.25) is 0 Å². The second-order valence-electron chi connectivity index (χ2n) is 6.36. The van der Waals surface area contributed by atoms with Gasteiger partial charge in [-0.2, -0.15) is 15.0 Å². The van der Waals surface area contributed by atoms with Gasteiger partial charge in [0.25, 0.3) is 0 Å². The fraction of sp³-hybridized carbons (Fsp3) is 0.562. The highest BCUT2D eigenvalue weighted by Gasteiger charge is 2.24. The van der Waals surface area contributed by atoms with Crippen LogP contribution in [0.15, 0.2) is 0 Å². The van der Waals surface area contributed by atoms with Gasteiger partial charge < -0.3 is 20.3 Å². The van der Waals surface area contributed by atoms with Crippen LogP contribution in [0.4, 0.5) is 11.8 Å². The van der Waals surface area contributed by atoms with E-state index in [9.17, 15) is 0 Å². The van der Waals surface area contributed by atoms with Crippen molar-refractivity contribution in [2.75, 3.05) is 44.4 Å². The van der Waals surface area contributed by atoms with Crippen molar-refractivity contribution in [3.63, 3.8) is 0 Å². The zero-order chi connectivity index (χ0) is 16.0. The van der Waals surface area contributed by atoms with E-state index in [1.54, 1.807) is 0 Å². The van der Waals surface area contributed by atoms with E-state index in [4.69, 9.17) is 4.74 Å². The van der Waals surface area contributed by atoms with E-state index in [2.05, 4.69) is 44.5 Å². The molecule has 122 valence electrons. The normalized spacial score (nSPS) is 20.6. The minimum Gasteiger partial charge on any atom is -0.477 e. The summed E-state index contributed by atoms with van der Waals surface area (Å²) in [5.41, 5.74) is 3.03. The first-order valence-electron chi connectivity index (χ1n) is 8.12. The van der Waals surface area contributed by atoms with Crippen molar-refractivity contribution in [3.05, 3.63) is 11.1 Å². The molecule has 1 saturated heterocycles. The lowest BCUT2D eigenvalue weighted by atomic mass is 10.1. The first-order valence-corrected chi connectivity index (χ1v) is 8.12. The van der Waals surface area contributed by atoms with Crippen LogP contribution in [0.3, 0.4) is 0 Å². The van der Waals surface area contributed by atoms with Gasteiger partial charge >= 0.3 is 0 Å². The van der Waals surface area contributed by atoms with Crippen molar-refractivity contribution in [3.8, 4) is 5.88 Å². The minimum atomic E-state index is 0.383.